The molecular weight excluding hydrogens is 214 g/mol. The largest absolute Gasteiger partial charge is 0.359 e. The maximum atomic E-state index is 11.2. The molecule has 1 amide bonds. The second kappa shape index (κ2) is 8.48. The summed E-state index contributed by atoms with van der Waals surface area (Å²) in [6.07, 6.45) is 5.41. The van der Waals surface area contributed by atoms with Gasteiger partial charge in [0, 0.05) is 26.1 Å². The predicted octanol–water partition coefficient (Wildman–Crippen LogP) is 0.977. The van der Waals surface area contributed by atoms with E-state index in [2.05, 4.69) is 22.5 Å². The van der Waals surface area contributed by atoms with Crippen LogP contribution < -0.4 is 10.6 Å². The van der Waals surface area contributed by atoms with Crippen LogP contribution in [0.25, 0.3) is 0 Å². The minimum absolute atomic E-state index is 0.153. The molecule has 0 aromatic carbocycles. The van der Waals surface area contributed by atoms with Gasteiger partial charge in [0.25, 0.3) is 0 Å². The molecule has 2 N–H and O–H groups in total. The highest BCUT2D eigenvalue weighted by Gasteiger charge is 2.17. The summed E-state index contributed by atoms with van der Waals surface area (Å²) >= 11 is 0. The van der Waals surface area contributed by atoms with Crippen LogP contribution in [0.2, 0.25) is 0 Å². The van der Waals surface area contributed by atoms with Gasteiger partial charge >= 0.3 is 0 Å². The SMILES string of the molecule is CCCN(CCCC(=O)NC)CC1CCCN1. The van der Waals surface area contributed by atoms with Crippen LogP contribution in [0.5, 0.6) is 0 Å². The number of nitrogens with zero attached hydrogens (tertiary/aromatic N) is 1. The Bertz CT molecular complexity index is 215. The van der Waals surface area contributed by atoms with Gasteiger partial charge in [0.05, 0.1) is 0 Å². The molecule has 1 aliphatic heterocycles. The van der Waals surface area contributed by atoms with Crippen molar-refractivity contribution in [2.24, 2.45) is 0 Å². The fraction of sp³-hybridized carbons (Fsp3) is 0.923. The zero-order valence-corrected chi connectivity index (χ0v) is 11.3. The summed E-state index contributed by atoms with van der Waals surface area (Å²) in [4.78, 5) is 13.6. The molecule has 0 aliphatic carbocycles. The molecule has 17 heavy (non-hydrogen) atoms. The average molecular weight is 241 g/mol. The van der Waals surface area contributed by atoms with E-state index in [1.807, 2.05) is 0 Å². The highest BCUT2D eigenvalue weighted by atomic mass is 16.1. The number of rotatable bonds is 8. The second-order valence-electron chi connectivity index (χ2n) is 4.87. The fourth-order valence-electron chi connectivity index (χ4n) is 2.42. The van der Waals surface area contributed by atoms with Gasteiger partial charge in [0.15, 0.2) is 0 Å². The van der Waals surface area contributed by atoms with Gasteiger partial charge in [-0.05, 0) is 45.3 Å². The van der Waals surface area contributed by atoms with Gasteiger partial charge in [-0.3, -0.25) is 4.79 Å². The molecule has 1 unspecified atom stereocenters. The Morgan fingerprint density at radius 2 is 2.29 bits per heavy atom. The van der Waals surface area contributed by atoms with E-state index < -0.39 is 0 Å². The topological polar surface area (TPSA) is 44.4 Å². The maximum Gasteiger partial charge on any atom is 0.219 e. The van der Waals surface area contributed by atoms with Crippen molar-refractivity contribution >= 4 is 5.91 Å². The second-order valence-corrected chi connectivity index (χ2v) is 4.87. The van der Waals surface area contributed by atoms with E-state index in [4.69, 9.17) is 0 Å². The summed E-state index contributed by atoms with van der Waals surface area (Å²) in [5.41, 5.74) is 0. The predicted molar refractivity (Wildman–Crippen MR) is 71.1 cm³/mol. The van der Waals surface area contributed by atoms with Crippen molar-refractivity contribution in [3.05, 3.63) is 0 Å². The molecule has 0 saturated carbocycles. The summed E-state index contributed by atoms with van der Waals surface area (Å²) in [6.45, 7) is 6.71. The zero-order chi connectivity index (χ0) is 12.5. The van der Waals surface area contributed by atoms with Gasteiger partial charge in [-0.25, -0.2) is 0 Å². The van der Waals surface area contributed by atoms with E-state index in [1.165, 1.54) is 25.8 Å². The van der Waals surface area contributed by atoms with Crippen LogP contribution in [-0.4, -0.2) is 50.1 Å². The van der Waals surface area contributed by atoms with Crippen LogP contribution >= 0.6 is 0 Å². The molecule has 4 heteroatoms. The Morgan fingerprint density at radius 1 is 1.47 bits per heavy atom. The summed E-state index contributed by atoms with van der Waals surface area (Å²) in [5, 5.41) is 6.21. The lowest BCUT2D eigenvalue weighted by molar-refractivity contribution is -0.120. The first-order valence-corrected chi connectivity index (χ1v) is 6.92. The zero-order valence-electron chi connectivity index (χ0n) is 11.3. The lowest BCUT2D eigenvalue weighted by Crippen LogP contribution is -2.38. The van der Waals surface area contributed by atoms with Crippen molar-refractivity contribution in [1.29, 1.82) is 0 Å². The van der Waals surface area contributed by atoms with Crippen LogP contribution in [0, 0.1) is 0 Å². The van der Waals surface area contributed by atoms with Crippen LogP contribution in [0.3, 0.4) is 0 Å². The maximum absolute atomic E-state index is 11.2. The Balaban J connectivity index is 2.19. The van der Waals surface area contributed by atoms with Crippen molar-refractivity contribution in [2.45, 2.75) is 45.1 Å². The minimum atomic E-state index is 0.153. The summed E-state index contributed by atoms with van der Waals surface area (Å²) in [6, 6.07) is 0.668. The van der Waals surface area contributed by atoms with E-state index >= 15 is 0 Å². The smallest absolute Gasteiger partial charge is 0.219 e. The molecule has 1 heterocycles. The van der Waals surface area contributed by atoms with Gasteiger partial charge < -0.3 is 15.5 Å². The van der Waals surface area contributed by atoms with Crippen LogP contribution in [-0.2, 0) is 4.79 Å². The van der Waals surface area contributed by atoms with Crippen LogP contribution in [0.4, 0.5) is 0 Å². The van der Waals surface area contributed by atoms with Crippen molar-refractivity contribution < 1.29 is 4.79 Å². The van der Waals surface area contributed by atoms with E-state index in [0.29, 0.717) is 12.5 Å². The van der Waals surface area contributed by atoms with E-state index in [1.54, 1.807) is 7.05 Å². The molecule has 0 aromatic heterocycles. The third kappa shape index (κ3) is 6.03. The fourth-order valence-corrected chi connectivity index (χ4v) is 2.42. The molecule has 0 spiro atoms. The summed E-state index contributed by atoms with van der Waals surface area (Å²) < 4.78 is 0. The van der Waals surface area contributed by atoms with E-state index in [0.717, 1.165) is 26.1 Å². The number of nitrogens with one attached hydrogen (secondary N) is 2. The van der Waals surface area contributed by atoms with Crippen molar-refractivity contribution in [3.63, 3.8) is 0 Å². The third-order valence-electron chi connectivity index (χ3n) is 3.34. The van der Waals surface area contributed by atoms with Gasteiger partial charge in [0.2, 0.25) is 5.91 Å². The quantitative estimate of drug-likeness (QED) is 0.666. The molecule has 1 atom stereocenters. The van der Waals surface area contributed by atoms with Crippen molar-refractivity contribution in [2.75, 3.05) is 33.2 Å². The lowest BCUT2D eigenvalue weighted by Gasteiger charge is -2.25. The van der Waals surface area contributed by atoms with Crippen LogP contribution in [0.15, 0.2) is 0 Å². The molecule has 0 radical (unpaired) electrons. The lowest BCUT2D eigenvalue weighted by atomic mass is 10.2. The number of hydrogen-bond acceptors (Lipinski definition) is 3. The van der Waals surface area contributed by atoms with E-state index in [-0.39, 0.29) is 5.91 Å². The first-order chi connectivity index (χ1) is 8.26. The molecule has 1 saturated heterocycles. The molecule has 1 fully saturated rings. The molecule has 0 aromatic rings. The molecule has 0 bridgehead atoms. The number of carbonyl (C=O) groups is 1. The molecule has 4 nitrogen and oxygen atoms in total. The number of hydrogen-bond donors (Lipinski definition) is 2. The average Bonchev–Trinajstić information content (AvgIpc) is 2.81. The minimum Gasteiger partial charge on any atom is -0.359 e. The van der Waals surface area contributed by atoms with Gasteiger partial charge in [0.1, 0.15) is 0 Å². The third-order valence-corrected chi connectivity index (χ3v) is 3.34. The summed E-state index contributed by atoms with van der Waals surface area (Å²) in [5.74, 6) is 0.153. The Labute approximate surface area is 105 Å². The number of carbonyl (C=O) groups excluding carboxylic acids is 1. The normalized spacial score (nSPS) is 19.8. The van der Waals surface area contributed by atoms with Crippen molar-refractivity contribution in [1.82, 2.24) is 15.5 Å². The van der Waals surface area contributed by atoms with Crippen LogP contribution in [0.1, 0.15) is 39.0 Å². The standard InChI is InChI=1S/C13H27N3O/c1-3-9-16(10-5-7-13(17)14-2)11-12-6-4-8-15-12/h12,15H,3-11H2,1-2H3,(H,14,17). The van der Waals surface area contributed by atoms with Gasteiger partial charge in [-0.15, -0.1) is 0 Å². The summed E-state index contributed by atoms with van der Waals surface area (Å²) in [7, 11) is 1.70. The molecule has 1 aliphatic rings. The molecular formula is C13H27N3O. The highest BCUT2D eigenvalue weighted by molar-refractivity contribution is 5.75. The number of amides is 1. The van der Waals surface area contributed by atoms with Gasteiger partial charge in [-0.1, -0.05) is 6.92 Å². The first kappa shape index (κ1) is 14.5. The first-order valence-electron chi connectivity index (χ1n) is 6.92. The molecule has 100 valence electrons. The van der Waals surface area contributed by atoms with E-state index in [9.17, 15) is 4.79 Å². The van der Waals surface area contributed by atoms with Gasteiger partial charge in [-0.2, -0.15) is 0 Å². The Kier molecular flexibility index (Phi) is 7.21. The Hall–Kier alpha value is -0.610. The monoisotopic (exact) mass is 241 g/mol. The molecule has 1 rings (SSSR count). The van der Waals surface area contributed by atoms with Crippen molar-refractivity contribution in [3.8, 4) is 0 Å². The Morgan fingerprint density at radius 3 is 2.88 bits per heavy atom. The highest BCUT2D eigenvalue weighted by Crippen LogP contribution is 2.08.